The quantitative estimate of drug-likeness (QED) is 0.818. The van der Waals surface area contributed by atoms with Crippen molar-refractivity contribution < 1.29 is 18.7 Å². The van der Waals surface area contributed by atoms with Crippen LogP contribution in [-0.2, 0) is 9.53 Å². The van der Waals surface area contributed by atoms with Crippen LogP contribution in [0.3, 0.4) is 0 Å². The van der Waals surface area contributed by atoms with Crippen LogP contribution in [0.1, 0.15) is 31.4 Å². The second-order valence-electron chi connectivity index (χ2n) is 6.04. The number of benzene rings is 1. The van der Waals surface area contributed by atoms with Crippen molar-refractivity contribution in [3.63, 3.8) is 0 Å². The fourth-order valence-corrected chi connectivity index (χ4v) is 3.09. The van der Waals surface area contributed by atoms with Crippen molar-refractivity contribution in [2.75, 3.05) is 33.9 Å². The van der Waals surface area contributed by atoms with Gasteiger partial charge in [-0.25, -0.2) is 4.39 Å². The lowest BCUT2D eigenvalue weighted by Gasteiger charge is -2.36. The minimum absolute atomic E-state index is 0. The van der Waals surface area contributed by atoms with Gasteiger partial charge in [0.25, 0.3) is 0 Å². The molecule has 1 unspecified atom stereocenters. The molecule has 1 aromatic rings. The summed E-state index contributed by atoms with van der Waals surface area (Å²) in [7, 11) is 3.14. The highest BCUT2D eigenvalue weighted by Gasteiger charge is 2.40. The van der Waals surface area contributed by atoms with Crippen LogP contribution >= 0.6 is 12.4 Å². The van der Waals surface area contributed by atoms with E-state index in [0.717, 1.165) is 25.9 Å². The van der Waals surface area contributed by atoms with Crippen molar-refractivity contribution in [3.05, 3.63) is 29.6 Å². The van der Waals surface area contributed by atoms with E-state index in [-0.39, 0.29) is 30.2 Å². The Kier molecular flexibility index (Phi) is 7.93. The molecule has 1 aliphatic heterocycles. The van der Waals surface area contributed by atoms with E-state index < -0.39 is 5.41 Å². The van der Waals surface area contributed by atoms with Gasteiger partial charge in [-0.05, 0) is 51.1 Å². The average Bonchev–Trinajstić information content (AvgIpc) is 2.55. The highest BCUT2D eigenvalue weighted by Crippen LogP contribution is 2.32. The first-order valence-corrected chi connectivity index (χ1v) is 7.86. The lowest BCUT2D eigenvalue weighted by atomic mass is 9.78. The molecular formula is C17H26ClFN2O3. The molecule has 2 rings (SSSR count). The molecule has 2 N–H and O–H groups in total. The summed E-state index contributed by atoms with van der Waals surface area (Å²) in [5.41, 5.74) is 0.0943. The Hall–Kier alpha value is -1.37. The highest BCUT2D eigenvalue weighted by molar-refractivity contribution is 5.85. The van der Waals surface area contributed by atoms with E-state index in [1.807, 2.05) is 6.92 Å². The fraction of sp³-hybridized carbons (Fsp3) is 0.588. The molecule has 1 atom stereocenters. The van der Waals surface area contributed by atoms with Gasteiger partial charge >= 0.3 is 0 Å². The van der Waals surface area contributed by atoms with Gasteiger partial charge in [0.05, 0.1) is 25.2 Å². The summed E-state index contributed by atoms with van der Waals surface area (Å²) < 4.78 is 24.1. The number of halogens is 2. The molecule has 0 spiro atoms. The number of ether oxygens (including phenoxy) is 2. The number of amides is 1. The van der Waals surface area contributed by atoms with Crippen molar-refractivity contribution in [1.29, 1.82) is 0 Å². The third-order valence-corrected chi connectivity index (χ3v) is 4.47. The largest absolute Gasteiger partial charge is 0.496 e. The van der Waals surface area contributed by atoms with Gasteiger partial charge in [-0.2, -0.15) is 0 Å². The third-order valence-electron chi connectivity index (χ3n) is 4.47. The van der Waals surface area contributed by atoms with Crippen LogP contribution in [-0.4, -0.2) is 39.8 Å². The van der Waals surface area contributed by atoms with Crippen molar-refractivity contribution in [2.24, 2.45) is 5.41 Å². The molecule has 1 aliphatic rings. The first-order valence-electron chi connectivity index (χ1n) is 7.86. The molecule has 24 heavy (non-hydrogen) atoms. The summed E-state index contributed by atoms with van der Waals surface area (Å²) in [5.74, 6) is 0.153. The molecule has 5 nitrogen and oxygen atoms in total. The number of hydrogen-bond acceptors (Lipinski definition) is 4. The molecule has 0 bridgehead atoms. The zero-order valence-electron chi connectivity index (χ0n) is 14.4. The van der Waals surface area contributed by atoms with E-state index in [9.17, 15) is 9.18 Å². The van der Waals surface area contributed by atoms with E-state index in [1.54, 1.807) is 13.2 Å². The maximum Gasteiger partial charge on any atom is 0.229 e. The normalized spacial score (nSPS) is 17.5. The third kappa shape index (κ3) is 4.59. The Balaban J connectivity index is 0.00000288. The van der Waals surface area contributed by atoms with Crippen LogP contribution in [0.5, 0.6) is 5.75 Å². The number of methoxy groups -OCH3 is 2. The van der Waals surface area contributed by atoms with E-state index in [1.165, 1.54) is 19.2 Å². The van der Waals surface area contributed by atoms with E-state index in [4.69, 9.17) is 9.47 Å². The van der Waals surface area contributed by atoms with Crippen molar-refractivity contribution >= 4 is 18.3 Å². The van der Waals surface area contributed by atoms with Crippen LogP contribution in [0.2, 0.25) is 0 Å². The number of carbonyl (C=O) groups is 1. The van der Waals surface area contributed by atoms with E-state index in [2.05, 4.69) is 10.6 Å². The van der Waals surface area contributed by atoms with Crippen molar-refractivity contribution in [2.45, 2.75) is 25.8 Å². The highest BCUT2D eigenvalue weighted by atomic mass is 35.5. The molecular weight excluding hydrogens is 335 g/mol. The first-order chi connectivity index (χ1) is 11.0. The number of hydrogen-bond donors (Lipinski definition) is 2. The molecule has 1 fully saturated rings. The summed E-state index contributed by atoms with van der Waals surface area (Å²) in [4.78, 5) is 12.8. The number of piperidine rings is 1. The topological polar surface area (TPSA) is 59.6 Å². The molecule has 0 aromatic heterocycles. The zero-order valence-corrected chi connectivity index (χ0v) is 15.2. The molecule has 1 heterocycles. The molecule has 1 amide bonds. The Labute approximate surface area is 148 Å². The maximum absolute atomic E-state index is 13.5. The first kappa shape index (κ1) is 20.7. The Bertz CT molecular complexity index is 545. The van der Waals surface area contributed by atoms with Crippen molar-refractivity contribution in [3.8, 4) is 5.75 Å². The molecule has 136 valence electrons. The van der Waals surface area contributed by atoms with Crippen LogP contribution in [0.4, 0.5) is 4.39 Å². The lowest BCUT2D eigenvalue weighted by Crippen LogP contribution is -2.50. The second-order valence-corrected chi connectivity index (χ2v) is 6.04. The molecule has 1 aromatic carbocycles. The van der Waals surface area contributed by atoms with Gasteiger partial charge in [0, 0.05) is 12.7 Å². The van der Waals surface area contributed by atoms with Crippen LogP contribution < -0.4 is 15.4 Å². The Morgan fingerprint density at radius 2 is 2.04 bits per heavy atom. The summed E-state index contributed by atoms with van der Waals surface area (Å²) in [6, 6.07) is 3.96. The zero-order chi connectivity index (χ0) is 16.9. The Morgan fingerprint density at radius 3 is 2.62 bits per heavy atom. The standard InChI is InChI=1S/C17H25FN2O3.ClH/c1-12(14-10-13(18)4-5-15(14)23-3)20-16(21)17(11-22-2)6-8-19-9-7-17;/h4-5,10,12,19H,6-9,11H2,1-3H3,(H,20,21);1H. The maximum atomic E-state index is 13.5. The van der Waals surface area contributed by atoms with Gasteiger partial charge in [-0.3, -0.25) is 4.79 Å². The smallest absolute Gasteiger partial charge is 0.229 e. The second kappa shape index (κ2) is 9.20. The van der Waals surface area contributed by atoms with Gasteiger partial charge in [-0.15, -0.1) is 12.4 Å². The molecule has 0 aliphatic carbocycles. The number of carbonyl (C=O) groups excluding carboxylic acids is 1. The van der Waals surface area contributed by atoms with E-state index in [0.29, 0.717) is 17.9 Å². The number of rotatable bonds is 6. The fourth-order valence-electron chi connectivity index (χ4n) is 3.09. The van der Waals surface area contributed by atoms with Gasteiger partial charge in [0.15, 0.2) is 0 Å². The Morgan fingerprint density at radius 1 is 1.38 bits per heavy atom. The minimum Gasteiger partial charge on any atom is -0.496 e. The van der Waals surface area contributed by atoms with Crippen LogP contribution in [0, 0.1) is 11.2 Å². The average molecular weight is 361 g/mol. The summed E-state index contributed by atoms with van der Waals surface area (Å²) >= 11 is 0. The van der Waals surface area contributed by atoms with E-state index >= 15 is 0 Å². The SMILES string of the molecule is COCC1(C(=O)NC(C)c2cc(F)ccc2OC)CCNCC1.Cl. The van der Waals surface area contributed by atoms with Gasteiger partial charge in [0.2, 0.25) is 5.91 Å². The van der Waals surface area contributed by atoms with Gasteiger partial charge in [0.1, 0.15) is 11.6 Å². The minimum atomic E-state index is -0.533. The van der Waals surface area contributed by atoms with Crippen LogP contribution in [0.15, 0.2) is 18.2 Å². The summed E-state index contributed by atoms with van der Waals surface area (Å²) in [6.07, 6.45) is 1.44. The predicted octanol–water partition coefficient (Wildman–Crippen LogP) is 2.45. The van der Waals surface area contributed by atoms with Crippen molar-refractivity contribution in [1.82, 2.24) is 10.6 Å². The monoisotopic (exact) mass is 360 g/mol. The molecule has 0 radical (unpaired) electrons. The van der Waals surface area contributed by atoms with Gasteiger partial charge in [-0.1, -0.05) is 0 Å². The lowest BCUT2D eigenvalue weighted by molar-refractivity contribution is -0.136. The molecule has 7 heteroatoms. The number of nitrogens with one attached hydrogen (secondary N) is 2. The molecule has 0 saturated carbocycles. The summed E-state index contributed by atoms with van der Waals surface area (Å²) in [6.45, 7) is 3.78. The van der Waals surface area contributed by atoms with Crippen LogP contribution in [0.25, 0.3) is 0 Å². The predicted molar refractivity (Wildman–Crippen MR) is 93.2 cm³/mol. The molecule has 1 saturated heterocycles. The summed E-state index contributed by atoms with van der Waals surface area (Å²) in [5, 5.41) is 6.26. The van der Waals surface area contributed by atoms with Gasteiger partial charge < -0.3 is 20.1 Å².